The smallest absolute Gasteiger partial charge is 0.225 e. The van der Waals surface area contributed by atoms with Gasteiger partial charge in [-0.3, -0.25) is 5.10 Å². The Bertz CT molecular complexity index is 1120. The third kappa shape index (κ3) is 3.26. The summed E-state index contributed by atoms with van der Waals surface area (Å²) in [7, 11) is 0. The zero-order valence-electron chi connectivity index (χ0n) is 15.1. The fourth-order valence-corrected chi connectivity index (χ4v) is 3.21. The van der Waals surface area contributed by atoms with Gasteiger partial charge >= 0.3 is 0 Å². The number of imidazole rings is 1. The molecule has 4 N–H and O–H groups in total. The molecule has 3 atom stereocenters. The first-order valence-electron chi connectivity index (χ1n) is 9.15. The first kappa shape index (κ1) is 16.7. The minimum Gasteiger partial charge on any atom is -0.348 e. The van der Waals surface area contributed by atoms with Crippen LogP contribution < -0.4 is 10.6 Å². The van der Waals surface area contributed by atoms with Crippen LogP contribution in [-0.4, -0.2) is 36.3 Å². The zero-order chi connectivity index (χ0) is 19.1. The van der Waals surface area contributed by atoms with Gasteiger partial charge in [-0.05, 0) is 37.1 Å². The lowest BCUT2D eigenvalue weighted by molar-refractivity contribution is 0.466. The SMILES string of the molecule is C[C@H](Nc1nccc(Nc2cc([C@@H]3C[C@@H]3F)[nH]n2)n1)c1ccc2nc[nH]c2c1. The fraction of sp³-hybridized carbons (Fsp3) is 0.263. The van der Waals surface area contributed by atoms with Crippen molar-refractivity contribution in [2.24, 2.45) is 0 Å². The molecule has 1 aliphatic rings. The Labute approximate surface area is 160 Å². The summed E-state index contributed by atoms with van der Waals surface area (Å²) in [6.07, 6.45) is 3.16. The average molecular weight is 378 g/mol. The Hall–Kier alpha value is -3.49. The van der Waals surface area contributed by atoms with E-state index in [2.05, 4.69) is 46.8 Å². The van der Waals surface area contributed by atoms with Crippen LogP contribution in [0.25, 0.3) is 11.0 Å². The van der Waals surface area contributed by atoms with Gasteiger partial charge in [0, 0.05) is 23.9 Å². The lowest BCUT2D eigenvalue weighted by Crippen LogP contribution is -2.10. The van der Waals surface area contributed by atoms with Gasteiger partial charge in [-0.15, -0.1) is 0 Å². The van der Waals surface area contributed by atoms with E-state index in [0.29, 0.717) is 24.0 Å². The predicted octanol–water partition coefficient (Wildman–Crippen LogP) is 3.82. The van der Waals surface area contributed by atoms with Crippen molar-refractivity contribution in [1.82, 2.24) is 30.1 Å². The van der Waals surface area contributed by atoms with E-state index in [-0.39, 0.29) is 12.0 Å². The molecule has 1 aliphatic carbocycles. The molecule has 4 aromatic rings. The second kappa shape index (κ2) is 6.59. The van der Waals surface area contributed by atoms with Gasteiger partial charge in [0.25, 0.3) is 0 Å². The van der Waals surface area contributed by atoms with E-state index in [1.807, 2.05) is 25.1 Å². The second-order valence-electron chi connectivity index (χ2n) is 7.00. The summed E-state index contributed by atoms with van der Waals surface area (Å²) < 4.78 is 13.2. The van der Waals surface area contributed by atoms with Crippen molar-refractivity contribution in [3.63, 3.8) is 0 Å². The molecule has 0 unspecified atom stereocenters. The zero-order valence-corrected chi connectivity index (χ0v) is 15.1. The standard InChI is InChI=1S/C19H19FN8/c1-10(11-2-3-14-16(6-11)23-9-22-14)24-19-21-5-4-17(26-19)25-18-8-15(27-28-18)12-7-13(12)20/h2-6,8-10,12-13H,7H2,1H3,(H,22,23)(H3,21,24,25,26,27,28)/t10-,12+,13-/m0/s1. The maximum atomic E-state index is 13.2. The van der Waals surface area contributed by atoms with Crippen molar-refractivity contribution in [2.45, 2.75) is 31.5 Å². The largest absolute Gasteiger partial charge is 0.348 e. The number of aromatic amines is 2. The van der Waals surface area contributed by atoms with Crippen LogP contribution in [0.4, 0.5) is 22.0 Å². The number of hydrogen-bond acceptors (Lipinski definition) is 6. The number of fused-ring (bicyclic) bond motifs is 1. The number of nitrogens with zero attached hydrogens (tertiary/aromatic N) is 4. The van der Waals surface area contributed by atoms with Crippen molar-refractivity contribution < 1.29 is 4.39 Å². The van der Waals surface area contributed by atoms with Gasteiger partial charge in [-0.2, -0.15) is 10.1 Å². The van der Waals surface area contributed by atoms with Gasteiger partial charge in [0.05, 0.1) is 23.4 Å². The molecule has 0 saturated heterocycles. The molecular weight excluding hydrogens is 359 g/mol. The number of alkyl halides is 1. The Kier molecular flexibility index (Phi) is 3.92. The van der Waals surface area contributed by atoms with Gasteiger partial charge in [-0.1, -0.05) is 6.07 Å². The molecule has 9 heteroatoms. The van der Waals surface area contributed by atoms with Crippen molar-refractivity contribution in [3.8, 4) is 0 Å². The van der Waals surface area contributed by atoms with Crippen LogP contribution in [0, 0.1) is 0 Å². The molecule has 0 bridgehead atoms. The van der Waals surface area contributed by atoms with Crippen LogP contribution >= 0.6 is 0 Å². The summed E-state index contributed by atoms with van der Waals surface area (Å²) in [5.74, 6) is 1.67. The van der Waals surface area contributed by atoms with Gasteiger partial charge < -0.3 is 15.6 Å². The highest BCUT2D eigenvalue weighted by Gasteiger charge is 2.40. The minimum absolute atomic E-state index is 0.0105. The summed E-state index contributed by atoms with van der Waals surface area (Å²) in [4.78, 5) is 16.1. The van der Waals surface area contributed by atoms with E-state index in [9.17, 15) is 4.39 Å². The quantitative estimate of drug-likeness (QED) is 0.406. The van der Waals surface area contributed by atoms with Crippen molar-refractivity contribution in [3.05, 3.63) is 54.1 Å². The number of hydrogen-bond donors (Lipinski definition) is 4. The molecule has 0 aliphatic heterocycles. The van der Waals surface area contributed by atoms with E-state index >= 15 is 0 Å². The van der Waals surface area contributed by atoms with E-state index in [0.717, 1.165) is 22.3 Å². The highest BCUT2D eigenvalue weighted by molar-refractivity contribution is 5.75. The van der Waals surface area contributed by atoms with Gasteiger partial charge in [-0.25, -0.2) is 14.4 Å². The number of halogens is 1. The fourth-order valence-electron chi connectivity index (χ4n) is 3.21. The first-order chi connectivity index (χ1) is 13.7. The summed E-state index contributed by atoms with van der Waals surface area (Å²) in [6.45, 7) is 2.05. The molecule has 3 heterocycles. The molecule has 0 radical (unpaired) electrons. The maximum Gasteiger partial charge on any atom is 0.225 e. The predicted molar refractivity (Wildman–Crippen MR) is 104 cm³/mol. The number of nitrogens with one attached hydrogen (secondary N) is 4. The summed E-state index contributed by atoms with van der Waals surface area (Å²) in [6, 6.07) is 9.66. The molecule has 3 aromatic heterocycles. The number of H-pyrrole nitrogens is 2. The third-order valence-corrected chi connectivity index (χ3v) is 4.91. The Morgan fingerprint density at radius 2 is 2.07 bits per heavy atom. The molecule has 0 spiro atoms. The van der Waals surface area contributed by atoms with Crippen LogP contribution in [0.5, 0.6) is 0 Å². The van der Waals surface area contributed by atoms with E-state index in [1.54, 1.807) is 18.6 Å². The normalized spacial score (nSPS) is 19.5. The average Bonchev–Trinajstić information content (AvgIpc) is 3.09. The lowest BCUT2D eigenvalue weighted by atomic mass is 10.1. The third-order valence-electron chi connectivity index (χ3n) is 4.91. The van der Waals surface area contributed by atoms with E-state index in [4.69, 9.17) is 0 Å². The Morgan fingerprint density at radius 1 is 1.18 bits per heavy atom. The number of anilines is 3. The summed E-state index contributed by atoms with van der Waals surface area (Å²) in [5, 5.41) is 13.5. The number of aromatic nitrogens is 6. The van der Waals surface area contributed by atoms with E-state index < -0.39 is 6.17 Å². The van der Waals surface area contributed by atoms with Gasteiger partial charge in [0.2, 0.25) is 5.95 Å². The van der Waals surface area contributed by atoms with Crippen LogP contribution in [0.3, 0.4) is 0 Å². The molecule has 1 saturated carbocycles. The van der Waals surface area contributed by atoms with Crippen LogP contribution in [0.1, 0.15) is 36.6 Å². The maximum absolute atomic E-state index is 13.2. The summed E-state index contributed by atoms with van der Waals surface area (Å²) in [5.41, 5.74) is 3.83. The topological polar surface area (TPSA) is 107 Å². The molecule has 0 amide bonds. The molecule has 142 valence electrons. The van der Waals surface area contributed by atoms with Crippen LogP contribution in [0.15, 0.2) is 42.9 Å². The van der Waals surface area contributed by atoms with E-state index in [1.165, 1.54) is 0 Å². The Morgan fingerprint density at radius 3 is 2.93 bits per heavy atom. The second-order valence-corrected chi connectivity index (χ2v) is 7.00. The number of benzene rings is 1. The van der Waals surface area contributed by atoms with Gasteiger partial charge in [0.15, 0.2) is 5.82 Å². The monoisotopic (exact) mass is 378 g/mol. The summed E-state index contributed by atoms with van der Waals surface area (Å²) >= 11 is 0. The van der Waals surface area contributed by atoms with Crippen molar-refractivity contribution in [2.75, 3.05) is 10.6 Å². The Balaban J connectivity index is 1.29. The van der Waals surface area contributed by atoms with Crippen LogP contribution in [-0.2, 0) is 0 Å². The minimum atomic E-state index is -0.759. The molecule has 5 rings (SSSR count). The molecule has 28 heavy (non-hydrogen) atoms. The van der Waals surface area contributed by atoms with Crippen molar-refractivity contribution >= 4 is 28.6 Å². The highest BCUT2D eigenvalue weighted by atomic mass is 19.1. The molecular formula is C19H19FN8. The highest BCUT2D eigenvalue weighted by Crippen LogP contribution is 2.43. The first-order valence-corrected chi connectivity index (χ1v) is 9.15. The van der Waals surface area contributed by atoms with Crippen molar-refractivity contribution in [1.29, 1.82) is 0 Å². The van der Waals surface area contributed by atoms with Crippen LogP contribution in [0.2, 0.25) is 0 Å². The molecule has 8 nitrogen and oxygen atoms in total. The van der Waals surface area contributed by atoms with Gasteiger partial charge in [0.1, 0.15) is 12.0 Å². The molecule has 1 fully saturated rings. The number of rotatable bonds is 6. The molecule has 1 aromatic carbocycles. The lowest BCUT2D eigenvalue weighted by Gasteiger charge is -2.14.